The van der Waals surface area contributed by atoms with Crippen molar-refractivity contribution in [3.63, 3.8) is 0 Å². The van der Waals surface area contributed by atoms with Gasteiger partial charge in [-0.3, -0.25) is 4.79 Å². The van der Waals surface area contributed by atoms with Crippen molar-refractivity contribution in [2.75, 3.05) is 12.4 Å². The Morgan fingerprint density at radius 3 is 2.65 bits per heavy atom. The van der Waals surface area contributed by atoms with Crippen molar-refractivity contribution in [2.45, 2.75) is 6.54 Å². The lowest BCUT2D eigenvalue weighted by Gasteiger charge is -2.11. The Hall–Kier alpha value is -3.72. The number of amides is 1. The normalized spacial score (nSPS) is 10.6. The Labute approximate surface area is 186 Å². The van der Waals surface area contributed by atoms with E-state index in [0.717, 1.165) is 10.0 Å². The van der Waals surface area contributed by atoms with E-state index in [9.17, 15) is 9.59 Å². The molecule has 0 unspecified atom stereocenters. The first-order valence-corrected chi connectivity index (χ1v) is 10.1. The average molecular weight is 481 g/mol. The van der Waals surface area contributed by atoms with E-state index in [4.69, 9.17) is 9.26 Å². The molecule has 0 radical (unpaired) electrons. The maximum Gasteiger partial charge on any atom is 0.339 e. The molecule has 0 bridgehead atoms. The van der Waals surface area contributed by atoms with Crippen LogP contribution in [0.4, 0.5) is 5.69 Å². The number of carbonyl (C=O) groups is 2. The van der Waals surface area contributed by atoms with Crippen LogP contribution in [-0.2, 0) is 16.1 Å². The number of benzene rings is 2. The maximum atomic E-state index is 12.6. The number of hydrogen-bond acceptors (Lipinski definition) is 6. The van der Waals surface area contributed by atoms with E-state index in [-0.39, 0.29) is 18.0 Å². The summed E-state index contributed by atoms with van der Waals surface area (Å²) in [7, 11) is 1.29. The number of carbonyl (C=O) groups excluding carboxylic acids is 2. The van der Waals surface area contributed by atoms with Crippen molar-refractivity contribution in [3.8, 4) is 23.0 Å². The third kappa shape index (κ3) is 4.56. The number of nitrogens with one attached hydrogen (secondary N) is 1. The molecule has 1 N–H and O–H groups in total. The molecule has 0 aliphatic carbocycles. The lowest BCUT2D eigenvalue weighted by Crippen LogP contribution is -2.20. The number of rotatable bonds is 6. The van der Waals surface area contributed by atoms with Gasteiger partial charge in [-0.2, -0.15) is 4.98 Å². The van der Waals surface area contributed by atoms with Crippen LogP contribution in [-0.4, -0.2) is 33.7 Å². The molecule has 1 amide bonds. The quantitative estimate of drug-likeness (QED) is 0.410. The number of methoxy groups -OCH3 is 1. The molecule has 0 aliphatic rings. The molecule has 2 aromatic carbocycles. The summed E-state index contributed by atoms with van der Waals surface area (Å²) >= 11 is 3.40. The van der Waals surface area contributed by atoms with Crippen LogP contribution in [0.15, 0.2) is 75.9 Å². The number of hydrogen-bond donors (Lipinski definition) is 1. The van der Waals surface area contributed by atoms with E-state index in [0.29, 0.717) is 23.1 Å². The van der Waals surface area contributed by atoms with Gasteiger partial charge in [0.25, 0.3) is 5.89 Å². The molecule has 156 valence electrons. The fraction of sp³-hybridized carbons (Fsp3) is 0.0909. The van der Waals surface area contributed by atoms with Gasteiger partial charge >= 0.3 is 5.97 Å². The zero-order valence-electron chi connectivity index (χ0n) is 16.4. The summed E-state index contributed by atoms with van der Waals surface area (Å²) in [4.78, 5) is 29.0. The molecule has 0 saturated heterocycles. The molecular weight excluding hydrogens is 464 g/mol. The largest absolute Gasteiger partial charge is 0.465 e. The first-order valence-electron chi connectivity index (χ1n) is 9.27. The Bertz CT molecular complexity index is 1230. The molecule has 0 atom stereocenters. The van der Waals surface area contributed by atoms with Crippen molar-refractivity contribution in [2.24, 2.45) is 0 Å². The van der Waals surface area contributed by atoms with Crippen LogP contribution < -0.4 is 5.32 Å². The average Bonchev–Trinajstić information content (AvgIpc) is 3.43. The first kappa shape index (κ1) is 20.5. The number of esters is 1. The zero-order chi connectivity index (χ0) is 21.8. The van der Waals surface area contributed by atoms with Gasteiger partial charge in [-0.25, -0.2) is 4.79 Å². The van der Waals surface area contributed by atoms with E-state index in [1.54, 1.807) is 47.2 Å². The third-order valence-corrected chi connectivity index (χ3v) is 5.03. The highest BCUT2D eigenvalue weighted by molar-refractivity contribution is 9.10. The van der Waals surface area contributed by atoms with Crippen molar-refractivity contribution >= 4 is 33.5 Å². The van der Waals surface area contributed by atoms with Gasteiger partial charge in [0.2, 0.25) is 11.7 Å². The lowest BCUT2D eigenvalue weighted by molar-refractivity contribution is -0.116. The second kappa shape index (κ2) is 8.97. The standard InChI is InChI=1S/C22H17BrN4O4/c1-30-22(29)16-5-2-3-6-17(16)24-19(28)13-27-12-4-7-18(27)21-25-20(26-31-21)14-8-10-15(23)11-9-14/h2-12H,13H2,1H3,(H,24,28). The number of ether oxygens (including phenoxy) is 1. The molecule has 0 spiro atoms. The van der Waals surface area contributed by atoms with E-state index in [2.05, 4.69) is 31.4 Å². The van der Waals surface area contributed by atoms with Crippen molar-refractivity contribution in [1.82, 2.24) is 14.7 Å². The Morgan fingerprint density at radius 1 is 1.10 bits per heavy atom. The molecular formula is C22H17BrN4O4. The van der Waals surface area contributed by atoms with Crippen LogP contribution in [0, 0.1) is 0 Å². The van der Waals surface area contributed by atoms with Crippen LogP contribution in [0.5, 0.6) is 0 Å². The predicted molar refractivity (Wildman–Crippen MR) is 117 cm³/mol. The van der Waals surface area contributed by atoms with Crippen molar-refractivity contribution < 1.29 is 18.8 Å². The molecule has 9 heteroatoms. The van der Waals surface area contributed by atoms with E-state index < -0.39 is 5.97 Å². The highest BCUT2D eigenvalue weighted by atomic mass is 79.9. The number of halogens is 1. The summed E-state index contributed by atoms with van der Waals surface area (Å²) in [5.74, 6) is -0.0947. The van der Waals surface area contributed by atoms with Gasteiger partial charge in [-0.05, 0) is 48.5 Å². The number of anilines is 1. The highest BCUT2D eigenvalue weighted by Gasteiger charge is 2.17. The van der Waals surface area contributed by atoms with Crippen molar-refractivity contribution in [3.05, 3.63) is 76.9 Å². The van der Waals surface area contributed by atoms with Gasteiger partial charge in [-0.1, -0.05) is 33.2 Å². The molecule has 4 aromatic rings. The molecule has 4 rings (SSSR count). The lowest BCUT2D eigenvalue weighted by atomic mass is 10.2. The van der Waals surface area contributed by atoms with E-state index >= 15 is 0 Å². The van der Waals surface area contributed by atoms with Crippen LogP contribution in [0.3, 0.4) is 0 Å². The van der Waals surface area contributed by atoms with Gasteiger partial charge in [0.1, 0.15) is 12.2 Å². The fourth-order valence-electron chi connectivity index (χ4n) is 3.01. The number of nitrogens with zero attached hydrogens (tertiary/aromatic N) is 3. The van der Waals surface area contributed by atoms with Gasteiger partial charge < -0.3 is 19.1 Å². The van der Waals surface area contributed by atoms with E-state index in [1.807, 2.05) is 24.3 Å². The van der Waals surface area contributed by atoms with E-state index in [1.165, 1.54) is 7.11 Å². The van der Waals surface area contributed by atoms with Crippen LogP contribution >= 0.6 is 15.9 Å². The van der Waals surface area contributed by atoms with Crippen LogP contribution in [0.2, 0.25) is 0 Å². The summed E-state index contributed by atoms with van der Waals surface area (Å²) in [6.45, 7) is -0.00611. The second-order valence-electron chi connectivity index (χ2n) is 6.54. The molecule has 2 heterocycles. The zero-order valence-corrected chi connectivity index (χ0v) is 18.0. The third-order valence-electron chi connectivity index (χ3n) is 4.50. The van der Waals surface area contributed by atoms with Crippen LogP contribution in [0.1, 0.15) is 10.4 Å². The minimum absolute atomic E-state index is 0.00611. The Kier molecular flexibility index (Phi) is 5.94. The molecule has 2 aromatic heterocycles. The number of aromatic nitrogens is 3. The summed E-state index contributed by atoms with van der Waals surface area (Å²) in [5.41, 5.74) is 2.08. The minimum atomic E-state index is -0.524. The summed E-state index contributed by atoms with van der Waals surface area (Å²) in [6, 6.07) is 17.8. The first-order chi connectivity index (χ1) is 15.0. The van der Waals surface area contributed by atoms with Crippen molar-refractivity contribution in [1.29, 1.82) is 0 Å². The van der Waals surface area contributed by atoms with Gasteiger partial charge in [0, 0.05) is 16.2 Å². The van der Waals surface area contributed by atoms with Crippen LogP contribution in [0.25, 0.3) is 23.0 Å². The molecule has 0 aliphatic heterocycles. The maximum absolute atomic E-state index is 12.6. The Balaban J connectivity index is 1.52. The number of para-hydroxylation sites is 1. The van der Waals surface area contributed by atoms with Gasteiger partial charge in [0.05, 0.1) is 18.4 Å². The molecule has 8 nitrogen and oxygen atoms in total. The summed E-state index contributed by atoms with van der Waals surface area (Å²) in [6.07, 6.45) is 1.74. The smallest absolute Gasteiger partial charge is 0.339 e. The minimum Gasteiger partial charge on any atom is -0.465 e. The topological polar surface area (TPSA) is 99.2 Å². The second-order valence-corrected chi connectivity index (χ2v) is 7.45. The molecule has 31 heavy (non-hydrogen) atoms. The van der Waals surface area contributed by atoms with Gasteiger partial charge in [0.15, 0.2) is 0 Å². The molecule has 0 fully saturated rings. The highest BCUT2D eigenvalue weighted by Crippen LogP contribution is 2.24. The predicted octanol–water partition coefficient (Wildman–Crippen LogP) is 4.39. The Morgan fingerprint density at radius 2 is 1.87 bits per heavy atom. The fourth-order valence-corrected chi connectivity index (χ4v) is 3.28. The van der Waals surface area contributed by atoms with Gasteiger partial charge in [-0.15, -0.1) is 0 Å². The summed E-state index contributed by atoms with van der Waals surface area (Å²) < 4.78 is 12.8. The monoisotopic (exact) mass is 480 g/mol. The summed E-state index contributed by atoms with van der Waals surface area (Å²) in [5, 5.41) is 6.78. The SMILES string of the molecule is COC(=O)c1ccccc1NC(=O)Cn1cccc1-c1nc(-c2ccc(Br)cc2)no1. The molecule has 0 saturated carbocycles.